The molecule has 0 heterocycles. The number of hydrogen-bond acceptors (Lipinski definition) is 24. The molecule has 24 nitrogen and oxygen atoms in total. The predicted molar refractivity (Wildman–Crippen MR) is 463 cm³/mol. The molecule has 1 aliphatic carbocycles. The van der Waals surface area contributed by atoms with Gasteiger partial charge in [-0.15, -0.1) is 0 Å². The van der Waals surface area contributed by atoms with Gasteiger partial charge in [0.05, 0.1) is 108 Å². The fourth-order valence-electron chi connectivity index (χ4n) is 16.1. The normalized spacial score (nSPS) is 13.8. The van der Waals surface area contributed by atoms with Crippen LogP contribution >= 0.6 is 0 Å². The van der Waals surface area contributed by atoms with Crippen LogP contribution in [0.5, 0.6) is 115 Å². The average Bonchev–Trinajstić information content (AvgIpc) is 0.744. The summed E-state index contributed by atoms with van der Waals surface area (Å²) in [4.78, 5) is 63.0. The Balaban J connectivity index is 1.19. The first-order chi connectivity index (χ1) is 60.2. The van der Waals surface area contributed by atoms with Crippen LogP contribution in [0.15, 0.2) is 218 Å². The highest BCUT2D eigenvalue weighted by Crippen LogP contribution is 2.55. The van der Waals surface area contributed by atoms with Crippen molar-refractivity contribution in [3.05, 3.63) is 307 Å². The number of esters is 4. The quantitative estimate of drug-likeness (QED) is 0.0225. The molecule has 0 radical (unpaired) electrons. The molecule has 24 heteroatoms. The third kappa shape index (κ3) is 18.9. The highest BCUT2D eigenvalue weighted by Gasteiger charge is 2.38. The second-order valence-corrected chi connectivity index (χ2v) is 29.3. The third-order valence-corrected chi connectivity index (χ3v) is 22.3. The molecule has 8 bridgehead atoms. The SMILES string of the molecule is COc1cc(C(=O)Oc2cc(OC(=O)c3cc(OC)c(OC)c(OC)c3)c3cc2C(CCc2ccccc2)c2cc(c(O)cc2O)C(CCc2ccccc2)c2cc(c(OC(=O)c4cc(OC)c(OC)c(OC)c4)cc2OC(=O)c2cc(OC)c(OC)c(OC)c2)C(CCc2ccccc2)c2cc(c(O)cc2O)C3CCc2ccccc2)cc(OC)c1OC. The summed E-state index contributed by atoms with van der Waals surface area (Å²) in [6.07, 6.45) is 1.47. The van der Waals surface area contributed by atoms with Crippen molar-refractivity contribution in [2.45, 2.75) is 75.0 Å². The van der Waals surface area contributed by atoms with Crippen LogP contribution in [0, 0.1) is 0 Å². The highest BCUT2D eigenvalue weighted by molar-refractivity contribution is 5.96. The van der Waals surface area contributed by atoms with Crippen LogP contribution in [0.2, 0.25) is 0 Å². The van der Waals surface area contributed by atoms with Gasteiger partial charge in [0.15, 0.2) is 46.0 Å². The summed E-state index contributed by atoms with van der Waals surface area (Å²) in [5, 5.41) is 53.2. The smallest absolute Gasteiger partial charge is 0.343 e. The lowest BCUT2D eigenvalue weighted by atomic mass is 9.76. The van der Waals surface area contributed by atoms with Gasteiger partial charge in [0.25, 0.3) is 0 Å². The zero-order chi connectivity index (χ0) is 87.8. The van der Waals surface area contributed by atoms with E-state index in [2.05, 4.69) is 0 Å². The van der Waals surface area contributed by atoms with Crippen molar-refractivity contribution < 1.29 is 115 Å². The molecule has 0 saturated carbocycles. The first kappa shape index (κ1) is 87.1. The first-order valence-corrected chi connectivity index (χ1v) is 39.9. The topological polar surface area (TPSA) is 297 Å². The van der Waals surface area contributed by atoms with Crippen LogP contribution in [0.1, 0.15) is 158 Å². The molecule has 0 amide bonds. The van der Waals surface area contributed by atoms with Gasteiger partial charge < -0.3 is 96.2 Å². The Morgan fingerprint density at radius 2 is 0.395 bits per heavy atom. The van der Waals surface area contributed by atoms with Crippen molar-refractivity contribution in [3.63, 3.8) is 0 Å². The molecule has 640 valence electrons. The lowest BCUT2D eigenvalue weighted by molar-refractivity contribution is 0.0710. The summed E-state index contributed by atoms with van der Waals surface area (Å²) in [5.74, 6) is -9.36. The predicted octanol–water partition coefficient (Wildman–Crippen LogP) is 18.9. The monoisotopic (exact) mass is 1680 g/mol. The molecule has 1 aliphatic rings. The van der Waals surface area contributed by atoms with E-state index in [9.17, 15) is 20.4 Å². The van der Waals surface area contributed by atoms with Gasteiger partial charge in [0, 0.05) is 92.4 Å². The molecule has 124 heavy (non-hydrogen) atoms. The first-order valence-electron chi connectivity index (χ1n) is 39.9. The zero-order valence-corrected chi connectivity index (χ0v) is 70.7. The number of phenols is 4. The van der Waals surface area contributed by atoms with Crippen molar-refractivity contribution >= 4 is 23.9 Å². The number of rotatable bonds is 32. The molecule has 4 unspecified atom stereocenters. The van der Waals surface area contributed by atoms with Crippen molar-refractivity contribution in [3.8, 4) is 115 Å². The van der Waals surface area contributed by atoms with Crippen molar-refractivity contribution in [2.75, 3.05) is 85.3 Å². The minimum Gasteiger partial charge on any atom is -0.508 e. The van der Waals surface area contributed by atoms with Gasteiger partial charge in [-0.1, -0.05) is 121 Å². The second kappa shape index (κ2) is 39.7. The zero-order valence-electron chi connectivity index (χ0n) is 70.7. The fraction of sp³-hybridized carbons (Fsp3) is 0.240. The summed E-state index contributed by atoms with van der Waals surface area (Å²) in [7, 11) is 16.8. The van der Waals surface area contributed by atoms with Gasteiger partial charge in [-0.3, -0.25) is 0 Å². The molecule has 12 aromatic carbocycles. The van der Waals surface area contributed by atoms with Crippen LogP contribution < -0.4 is 75.8 Å². The highest BCUT2D eigenvalue weighted by atomic mass is 16.6. The van der Waals surface area contributed by atoms with Gasteiger partial charge in [-0.05, 0) is 146 Å². The van der Waals surface area contributed by atoms with Crippen LogP contribution in [0.4, 0.5) is 0 Å². The number of phenolic OH excluding ortho intramolecular Hbond substituents is 4. The minimum atomic E-state index is -1.13. The number of methoxy groups -OCH3 is 12. The molecule has 13 rings (SSSR count). The van der Waals surface area contributed by atoms with Gasteiger partial charge >= 0.3 is 23.9 Å². The molecular formula is C100H96O24. The Labute approximate surface area is 718 Å². The Bertz CT molecular complexity index is 5060. The second-order valence-electron chi connectivity index (χ2n) is 29.3. The molecule has 12 aromatic rings. The standard InChI is InChI=1S/C100H96O24/c1-109-85-41-61(42-86(110-2)93(85)117-9)97(105)121-81-55-82(122-98(106)62-43-87(111-3)94(118-10)88(44-62)112-4)74-51-73(81)65(37-33-57-25-17-13-18-26-57)69-49-70(78(102)53-77(69)101)67(39-35-59-29-21-15-22-30-59)75-52-76(68(40-36-60-31-23-16-24-32-60)72-50-71(79(103)54-80(72)104)66(74)38-34-58-27-19-14-20-28-58)84(124-100(108)64-47-91(115-7)96(120-12)92(48-64)116-8)56-83(75)123-99(107)63-45-89(113-5)95(119-11)90(46-63)114-6/h13-32,41-56,65-68,101-104H,33-40H2,1-12H3. The number of aryl methyl sites for hydroxylation is 4. The molecule has 0 fully saturated rings. The summed E-state index contributed by atoms with van der Waals surface area (Å²) in [6.45, 7) is 0. The largest absolute Gasteiger partial charge is 0.508 e. The molecule has 0 aromatic heterocycles. The number of carbonyl (C=O) groups is 4. The van der Waals surface area contributed by atoms with Gasteiger partial charge in [0.1, 0.15) is 46.0 Å². The number of aromatic hydroxyl groups is 4. The lowest BCUT2D eigenvalue weighted by Crippen LogP contribution is -2.18. The van der Waals surface area contributed by atoms with E-state index in [0.717, 1.165) is 22.3 Å². The number of fused-ring (bicyclic) bond motifs is 8. The van der Waals surface area contributed by atoms with Crippen molar-refractivity contribution in [1.29, 1.82) is 0 Å². The number of hydrogen-bond donors (Lipinski definition) is 4. The summed E-state index contributed by atoms with van der Waals surface area (Å²) in [5.41, 5.74) is 4.58. The molecule has 4 N–H and O–H groups in total. The van der Waals surface area contributed by atoms with E-state index >= 15 is 19.2 Å². The maximum atomic E-state index is 15.8. The summed E-state index contributed by atoms with van der Waals surface area (Å²) >= 11 is 0. The van der Waals surface area contributed by atoms with Crippen LogP contribution in [-0.4, -0.2) is 130 Å². The number of ether oxygens (including phenoxy) is 16. The molecule has 4 atom stereocenters. The fourth-order valence-corrected chi connectivity index (χ4v) is 16.1. The van der Waals surface area contributed by atoms with E-state index in [1.54, 1.807) is 24.3 Å². The molecule has 0 spiro atoms. The van der Waals surface area contributed by atoms with Crippen LogP contribution in [0.3, 0.4) is 0 Å². The van der Waals surface area contributed by atoms with E-state index in [4.69, 9.17) is 75.8 Å². The van der Waals surface area contributed by atoms with Crippen molar-refractivity contribution in [2.24, 2.45) is 0 Å². The van der Waals surface area contributed by atoms with Crippen molar-refractivity contribution in [1.82, 2.24) is 0 Å². The van der Waals surface area contributed by atoms with Crippen LogP contribution in [0.25, 0.3) is 0 Å². The minimum absolute atomic E-state index is 0.0842. The van der Waals surface area contributed by atoms with E-state index < -0.39 is 70.5 Å². The maximum absolute atomic E-state index is 15.8. The Morgan fingerprint density at radius 1 is 0.218 bits per heavy atom. The lowest BCUT2D eigenvalue weighted by Gasteiger charge is -2.31. The third-order valence-electron chi connectivity index (χ3n) is 22.3. The molecule has 0 saturated heterocycles. The van der Waals surface area contributed by atoms with Gasteiger partial charge in [-0.25, -0.2) is 19.2 Å². The van der Waals surface area contributed by atoms with Gasteiger partial charge in [0.2, 0.25) is 23.0 Å². The summed E-state index contributed by atoms with van der Waals surface area (Å²) < 4.78 is 96.5. The maximum Gasteiger partial charge on any atom is 0.343 e. The Morgan fingerprint density at radius 3 is 0.565 bits per heavy atom. The van der Waals surface area contributed by atoms with E-state index in [-0.39, 0.29) is 210 Å². The van der Waals surface area contributed by atoms with E-state index in [1.807, 2.05) is 121 Å². The number of benzene rings is 12. The molecular weight excluding hydrogens is 1590 g/mol. The number of carbonyl (C=O) groups excluding carboxylic acids is 4. The van der Waals surface area contributed by atoms with E-state index in [0.29, 0.717) is 0 Å². The summed E-state index contributed by atoms with van der Waals surface area (Å²) in [6, 6.07) is 61.7. The average molecular weight is 1680 g/mol. The van der Waals surface area contributed by atoms with Gasteiger partial charge in [-0.2, -0.15) is 0 Å². The molecule has 0 aliphatic heterocycles. The van der Waals surface area contributed by atoms with E-state index in [1.165, 1.54) is 158 Å². The Kier molecular flexibility index (Phi) is 27.9. The Hall–Kier alpha value is -14.7. The van der Waals surface area contributed by atoms with Crippen LogP contribution in [-0.2, 0) is 25.7 Å².